The molecular formula is C25H22F2N6O2S. The maximum absolute atomic E-state index is 13.5. The largest absolute Gasteiger partial charge is 0.586 e. The van der Waals surface area contributed by atoms with E-state index in [1.807, 2.05) is 0 Å². The Balaban J connectivity index is 1.09. The third-order valence-electron chi connectivity index (χ3n) is 7.43. The number of anilines is 1. The lowest BCUT2D eigenvalue weighted by molar-refractivity contribution is -0.287. The highest BCUT2D eigenvalue weighted by Crippen LogP contribution is 2.51. The van der Waals surface area contributed by atoms with Crippen LogP contribution in [-0.4, -0.2) is 39.3 Å². The summed E-state index contributed by atoms with van der Waals surface area (Å²) in [6.07, 6.45) is 0.888. The van der Waals surface area contributed by atoms with E-state index < -0.39 is 6.29 Å². The van der Waals surface area contributed by atoms with Crippen molar-refractivity contribution >= 4 is 29.0 Å². The second-order valence-corrected chi connectivity index (χ2v) is 10.6. The van der Waals surface area contributed by atoms with Crippen LogP contribution in [0.15, 0.2) is 58.6 Å². The maximum atomic E-state index is 13.5. The van der Waals surface area contributed by atoms with Gasteiger partial charge in [0.25, 0.3) is 0 Å². The van der Waals surface area contributed by atoms with Gasteiger partial charge in [0.2, 0.25) is 5.95 Å². The minimum Gasteiger partial charge on any atom is -0.395 e. The predicted octanol–water partition coefficient (Wildman–Crippen LogP) is 4.67. The van der Waals surface area contributed by atoms with Crippen LogP contribution in [0.25, 0.3) is 11.3 Å². The highest BCUT2D eigenvalue weighted by atomic mass is 32.2. The van der Waals surface area contributed by atoms with Crippen molar-refractivity contribution in [2.24, 2.45) is 11.1 Å². The lowest BCUT2D eigenvalue weighted by Crippen LogP contribution is -2.44. The van der Waals surface area contributed by atoms with Gasteiger partial charge in [0.15, 0.2) is 22.8 Å². The van der Waals surface area contributed by atoms with Crippen molar-refractivity contribution in [2.75, 3.05) is 18.0 Å². The quantitative estimate of drug-likeness (QED) is 0.412. The molecule has 0 unspecified atom stereocenters. The fourth-order valence-corrected chi connectivity index (χ4v) is 6.41. The molecule has 11 heteroatoms. The molecule has 7 rings (SSSR count). The summed E-state index contributed by atoms with van der Waals surface area (Å²) in [5.74, 6) is 0.712. The maximum Gasteiger partial charge on any atom is 0.586 e. The molecule has 4 aromatic rings. The zero-order valence-corrected chi connectivity index (χ0v) is 19.9. The third kappa shape index (κ3) is 3.48. The molecule has 1 atom stereocenters. The molecule has 36 heavy (non-hydrogen) atoms. The molecular weight excluding hydrogens is 486 g/mol. The van der Waals surface area contributed by atoms with Gasteiger partial charge in [-0.2, -0.15) is 4.98 Å². The van der Waals surface area contributed by atoms with Gasteiger partial charge in [0.1, 0.15) is 5.03 Å². The zero-order valence-electron chi connectivity index (χ0n) is 19.1. The van der Waals surface area contributed by atoms with Crippen molar-refractivity contribution in [1.29, 1.82) is 0 Å². The number of nitrogens with two attached hydrogens (primary N) is 1. The number of nitrogens with zero attached hydrogens (tertiary/aromatic N) is 4. The zero-order chi connectivity index (χ0) is 24.5. The molecule has 1 aliphatic carbocycles. The Morgan fingerprint density at radius 1 is 1.06 bits per heavy atom. The van der Waals surface area contributed by atoms with Gasteiger partial charge in [-0.25, -0.2) is 9.97 Å². The number of benzene rings is 2. The monoisotopic (exact) mass is 508 g/mol. The standard InChI is InChI=1S/C25H22F2N6O2S/c26-25(27)34-16-6-3-7-17(19(16)35-25)36-18-13-29-21-22(30-18)32-23(31-21)33-10-8-24(9-11-33)12-14-4-1-2-5-15(14)20(24)28/h1-7,13,20H,8-12,28H2,(H,29,30,31,32)/t20-/m1/s1. The van der Waals surface area contributed by atoms with E-state index in [2.05, 4.69) is 58.6 Å². The van der Waals surface area contributed by atoms with Crippen molar-refractivity contribution in [3.8, 4) is 11.5 Å². The van der Waals surface area contributed by atoms with Gasteiger partial charge in [-0.05, 0) is 47.9 Å². The van der Waals surface area contributed by atoms with Crippen LogP contribution >= 0.6 is 11.8 Å². The van der Waals surface area contributed by atoms with Gasteiger partial charge < -0.3 is 25.1 Å². The Hall–Kier alpha value is -3.44. The van der Waals surface area contributed by atoms with Crippen molar-refractivity contribution in [1.82, 2.24) is 19.9 Å². The van der Waals surface area contributed by atoms with Gasteiger partial charge in [-0.3, -0.25) is 0 Å². The molecule has 8 nitrogen and oxygen atoms in total. The van der Waals surface area contributed by atoms with E-state index in [1.54, 1.807) is 18.3 Å². The Labute approximate surface area is 209 Å². The molecule has 1 fully saturated rings. The van der Waals surface area contributed by atoms with Crippen molar-refractivity contribution < 1.29 is 18.3 Å². The summed E-state index contributed by atoms with van der Waals surface area (Å²) < 4.78 is 36.3. The average molecular weight is 509 g/mol. The van der Waals surface area contributed by atoms with Crippen LogP contribution < -0.4 is 20.1 Å². The van der Waals surface area contributed by atoms with Crippen molar-refractivity contribution in [3.05, 3.63) is 59.8 Å². The second kappa shape index (κ2) is 7.78. The number of aromatic nitrogens is 4. The normalized spacial score (nSPS) is 21.3. The number of H-pyrrole nitrogens is 1. The van der Waals surface area contributed by atoms with Gasteiger partial charge in [0, 0.05) is 19.1 Å². The number of rotatable bonds is 3. The summed E-state index contributed by atoms with van der Waals surface area (Å²) in [5.41, 5.74) is 10.5. The number of imidazole rings is 1. The number of alkyl halides is 2. The molecule has 0 saturated carbocycles. The molecule has 1 saturated heterocycles. The Kier molecular flexibility index (Phi) is 4.71. The molecule has 0 radical (unpaired) electrons. The van der Waals surface area contributed by atoms with E-state index in [4.69, 9.17) is 5.73 Å². The third-order valence-corrected chi connectivity index (χ3v) is 8.38. The van der Waals surface area contributed by atoms with Crippen LogP contribution in [0, 0.1) is 5.41 Å². The van der Waals surface area contributed by atoms with E-state index in [0.717, 1.165) is 38.3 Å². The average Bonchev–Trinajstić information content (AvgIpc) is 3.51. The van der Waals surface area contributed by atoms with Gasteiger partial charge in [0.05, 0.1) is 11.1 Å². The number of ether oxygens (including phenoxy) is 2. The molecule has 3 N–H and O–H groups in total. The molecule has 3 aliphatic rings. The van der Waals surface area contributed by atoms with Crippen LogP contribution in [0.3, 0.4) is 0 Å². The fraction of sp³-hybridized carbons (Fsp3) is 0.320. The first-order valence-corrected chi connectivity index (χ1v) is 12.6. The first-order chi connectivity index (χ1) is 17.4. The lowest BCUT2D eigenvalue weighted by Gasteiger charge is -2.42. The number of halogens is 2. The summed E-state index contributed by atoms with van der Waals surface area (Å²) >= 11 is 1.17. The smallest absolute Gasteiger partial charge is 0.395 e. The Morgan fingerprint density at radius 3 is 2.72 bits per heavy atom. The molecule has 184 valence electrons. The van der Waals surface area contributed by atoms with E-state index in [-0.39, 0.29) is 23.0 Å². The van der Waals surface area contributed by atoms with Crippen LogP contribution in [0.2, 0.25) is 0 Å². The van der Waals surface area contributed by atoms with Crippen LogP contribution in [0.5, 0.6) is 11.5 Å². The first-order valence-electron chi connectivity index (χ1n) is 11.8. The topological polar surface area (TPSA) is 102 Å². The molecule has 0 bridgehead atoms. The summed E-state index contributed by atoms with van der Waals surface area (Å²) in [6.45, 7) is 1.68. The number of nitrogens with one attached hydrogen (secondary N) is 1. The van der Waals surface area contributed by atoms with Gasteiger partial charge in [-0.15, -0.1) is 8.78 Å². The Bertz CT molecular complexity index is 1490. The van der Waals surface area contributed by atoms with E-state index in [9.17, 15) is 8.78 Å². The molecule has 4 heterocycles. The van der Waals surface area contributed by atoms with E-state index in [1.165, 1.54) is 29.0 Å². The number of para-hydroxylation sites is 1. The summed E-state index contributed by atoms with van der Waals surface area (Å²) in [7, 11) is 0. The molecule has 1 spiro atoms. The van der Waals surface area contributed by atoms with E-state index in [0.29, 0.717) is 21.2 Å². The van der Waals surface area contributed by atoms with Crippen molar-refractivity contribution in [2.45, 2.75) is 41.5 Å². The summed E-state index contributed by atoms with van der Waals surface area (Å²) in [4.78, 5) is 19.7. The molecule has 2 aromatic heterocycles. The van der Waals surface area contributed by atoms with Gasteiger partial charge in [-0.1, -0.05) is 42.1 Å². The first kappa shape index (κ1) is 21.8. The molecule has 0 amide bonds. The SMILES string of the molecule is N[C@@H]1c2ccccc2CC12CCN(c1nc3nc(Sc4cccc5c4OC(F)(F)O5)cnc3[nH]1)CC2. The minimum absolute atomic E-state index is 0.00552. The minimum atomic E-state index is -3.68. The summed E-state index contributed by atoms with van der Waals surface area (Å²) in [5, 5.41) is 0.514. The number of fused-ring (bicyclic) bond motifs is 3. The van der Waals surface area contributed by atoms with Crippen LogP contribution in [0.4, 0.5) is 14.7 Å². The van der Waals surface area contributed by atoms with Crippen LogP contribution in [0.1, 0.15) is 30.0 Å². The molecule has 2 aliphatic heterocycles. The summed E-state index contributed by atoms with van der Waals surface area (Å²) in [6, 6.07) is 13.3. The van der Waals surface area contributed by atoms with Crippen LogP contribution in [-0.2, 0) is 6.42 Å². The lowest BCUT2D eigenvalue weighted by atomic mass is 9.73. The Morgan fingerprint density at radius 2 is 1.89 bits per heavy atom. The second-order valence-electron chi connectivity index (χ2n) is 9.50. The van der Waals surface area contributed by atoms with Crippen molar-refractivity contribution in [3.63, 3.8) is 0 Å². The highest BCUT2D eigenvalue weighted by molar-refractivity contribution is 7.99. The number of aromatic amines is 1. The number of hydrogen-bond donors (Lipinski definition) is 2. The van der Waals surface area contributed by atoms with E-state index >= 15 is 0 Å². The highest BCUT2D eigenvalue weighted by Gasteiger charge is 2.46. The van der Waals surface area contributed by atoms with Gasteiger partial charge >= 0.3 is 6.29 Å². The number of piperidine rings is 1. The number of hydrogen-bond acceptors (Lipinski definition) is 8. The molecule has 2 aromatic carbocycles. The predicted molar refractivity (Wildman–Crippen MR) is 129 cm³/mol. The fourth-order valence-electron chi connectivity index (χ4n) is 5.57.